The molecule has 1 fully saturated rings. The van der Waals surface area contributed by atoms with Crippen LogP contribution in [0.15, 0.2) is 30.5 Å². The van der Waals surface area contributed by atoms with Crippen molar-refractivity contribution in [1.82, 2.24) is 25.1 Å². The Labute approximate surface area is 164 Å². The number of H-pyrrole nitrogens is 1. The van der Waals surface area contributed by atoms with Gasteiger partial charge in [0.15, 0.2) is 5.82 Å². The summed E-state index contributed by atoms with van der Waals surface area (Å²) in [6.07, 6.45) is 1.72. The lowest BCUT2D eigenvalue weighted by Crippen LogP contribution is -2.48. The maximum absolute atomic E-state index is 11.5. The molecule has 3 heterocycles. The molecule has 0 saturated carbocycles. The average molecular weight is 379 g/mol. The Kier molecular flexibility index (Phi) is 4.85. The number of carbonyl (C=O) groups excluding carboxylic acids is 1. The number of aromatic nitrogens is 4. The monoisotopic (exact) mass is 379 g/mol. The van der Waals surface area contributed by atoms with Crippen LogP contribution in [0, 0.1) is 0 Å². The molecule has 1 amide bonds. The van der Waals surface area contributed by atoms with Crippen molar-refractivity contribution < 1.29 is 4.79 Å². The van der Waals surface area contributed by atoms with Crippen molar-refractivity contribution in [2.75, 3.05) is 36.4 Å². The first-order valence-corrected chi connectivity index (χ1v) is 9.60. The largest absolute Gasteiger partial charge is 0.368 e. The predicted octanol–water partition coefficient (Wildman–Crippen LogP) is 2.89. The van der Waals surface area contributed by atoms with Gasteiger partial charge < -0.3 is 15.1 Å². The van der Waals surface area contributed by atoms with Crippen LogP contribution >= 0.6 is 0 Å². The molecule has 1 saturated heterocycles. The normalized spacial score (nSPS) is 14.7. The Morgan fingerprint density at radius 1 is 1.11 bits per heavy atom. The van der Waals surface area contributed by atoms with Crippen LogP contribution in [0.1, 0.15) is 32.5 Å². The highest BCUT2D eigenvalue weighted by Crippen LogP contribution is 2.26. The van der Waals surface area contributed by atoms with Crippen molar-refractivity contribution in [2.45, 2.75) is 26.7 Å². The van der Waals surface area contributed by atoms with E-state index in [0.717, 1.165) is 60.2 Å². The highest BCUT2D eigenvalue weighted by Gasteiger charge is 2.19. The highest BCUT2D eigenvalue weighted by atomic mass is 16.2. The number of nitrogens with zero attached hydrogens (tertiary/aromatic N) is 5. The number of benzene rings is 1. The SMILES string of the molecule is CC(=O)N1CCN(c2ccc(Nc3nc(C(C)C)nc4cn[nH]c34)cc2)CC1. The molecule has 1 aliphatic heterocycles. The number of hydrogen-bond acceptors (Lipinski definition) is 6. The van der Waals surface area contributed by atoms with Crippen LogP contribution in [0.4, 0.5) is 17.2 Å². The smallest absolute Gasteiger partial charge is 0.219 e. The number of carbonyl (C=O) groups is 1. The van der Waals surface area contributed by atoms with Crippen molar-refractivity contribution in [3.8, 4) is 0 Å². The summed E-state index contributed by atoms with van der Waals surface area (Å²) < 4.78 is 0. The van der Waals surface area contributed by atoms with Gasteiger partial charge in [0.25, 0.3) is 0 Å². The minimum Gasteiger partial charge on any atom is -0.368 e. The van der Waals surface area contributed by atoms with E-state index in [2.05, 4.69) is 56.4 Å². The third kappa shape index (κ3) is 3.62. The van der Waals surface area contributed by atoms with E-state index in [1.807, 2.05) is 17.0 Å². The number of piperazine rings is 1. The lowest BCUT2D eigenvalue weighted by atomic mass is 10.2. The molecule has 0 spiro atoms. The summed E-state index contributed by atoms with van der Waals surface area (Å²) in [5, 5.41) is 10.5. The maximum Gasteiger partial charge on any atom is 0.219 e. The summed E-state index contributed by atoms with van der Waals surface area (Å²) in [5.74, 6) is 1.90. The zero-order valence-electron chi connectivity index (χ0n) is 16.4. The predicted molar refractivity (Wildman–Crippen MR) is 110 cm³/mol. The van der Waals surface area contributed by atoms with Crippen LogP contribution in [0.3, 0.4) is 0 Å². The quantitative estimate of drug-likeness (QED) is 0.724. The topological polar surface area (TPSA) is 90.0 Å². The van der Waals surface area contributed by atoms with Gasteiger partial charge in [-0.05, 0) is 24.3 Å². The highest BCUT2D eigenvalue weighted by molar-refractivity contribution is 5.86. The van der Waals surface area contributed by atoms with Gasteiger partial charge in [0.1, 0.15) is 16.9 Å². The van der Waals surface area contributed by atoms with E-state index < -0.39 is 0 Å². The Morgan fingerprint density at radius 2 is 1.82 bits per heavy atom. The number of rotatable bonds is 4. The maximum atomic E-state index is 11.5. The molecule has 0 aliphatic carbocycles. The summed E-state index contributed by atoms with van der Waals surface area (Å²) in [5.41, 5.74) is 3.72. The fraction of sp³-hybridized carbons (Fsp3) is 0.400. The summed E-state index contributed by atoms with van der Waals surface area (Å²) in [6, 6.07) is 8.29. The van der Waals surface area contributed by atoms with Crippen LogP contribution in [0.5, 0.6) is 0 Å². The lowest BCUT2D eigenvalue weighted by molar-refractivity contribution is -0.129. The minimum atomic E-state index is 0.148. The Morgan fingerprint density at radius 3 is 2.46 bits per heavy atom. The first kappa shape index (κ1) is 18.2. The van der Waals surface area contributed by atoms with Crippen molar-refractivity contribution in [3.05, 3.63) is 36.3 Å². The van der Waals surface area contributed by atoms with Gasteiger partial charge in [-0.15, -0.1) is 0 Å². The van der Waals surface area contributed by atoms with E-state index in [4.69, 9.17) is 0 Å². The number of fused-ring (bicyclic) bond motifs is 1. The molecule has 3 aromatic rings. The zero-order chi connectivity index (χ0) is 19.7. The molecule has 146 valence electrons. The van der Waals surface area contributed by atoms with Crippen LogP contribution in [0.25, 0.3) is 11.0 Å². The number of amides is 1. The van der Waals surface area contributed by atoms with Crippen LogP contribution < -0.4 is 10.2 Å². The molecule has 1 aliphatic rings. The van der Waals surface area contributed by atoms with Gasteiger partial charge in [0, 0.05) is 50.4 Å². The molecule has 0 bridgehead atoms. The Hall–Kier alpha value is -3.16. The second-order valence-corrected chi connectivity index (χ2v) is 7.38. The van der Waals surface area contributed by atoms with E-state index in [1.165, 1.54) is 0 Å². The molecule has 8 nitrogen and oxygen atoms in total. The molecule has 4 rings (SSSR count). The summed E-state index contributed by atoms with van der Waals surface area (Å²) >= 11 is 0. The number of hydrogen-bond donors (Lipinski definition) is 2. The molecule has 0 radical (unpaired) electrons. The van der Waals surface area contributed by atoms with Gasteiger partial charge in [0.2, 0.25) is 5.91 Å². The second kappa shape index (κ2) is 7.46. The Balaban J connectivity index is 1.50. The van der Waals surface area contributed by atoms with Gasteiger partial charge in [-0.1, -0.05) is 13.8 Å². The van der Waals surface area contributed by atoms with Crippen molar-refractivity contribution in [2.24, 2.45) is 0 Å². The first-order chi connectivity index (χ1) is 13.5. The number of aromatic amines is 1. The minimum absolute atomic E-state index is 0.148. The van der Waals surface area contributed by atoms with E-state index >= 15 is 0 Å². The molecule has 0 unspecified atom stereocenters. The van der Waals surface area contributed by atoms with Gasteiger partial charge in [-0.2, -0.15) is 5.10 Å². The average Bonchev–Trinajstić information content (AvgIpc) is 3.17. The summed E-state index contributed by atoms with van der Waals surface area (Å²) in [4.78, 5) is 24.9. The standard InChI is InChI=1S/C20H25N7O/c1-13(2)19-23-17-12-21-25-18(17)20(24-19)22-15-4-6-16(7-5-15)27-10-8-26(9-11-27)14(3)28/h4-7,12-13H,8-11H2,1-3H3,(H,21,25)(H,22,23,24). The second-order valence-electron chi connectivity index (χ2n) is 7.38. The van der Waals surface area contributed by atoms with Gasteiger partial charge in [-0.3, -0.25) is 9.89 Å². The van der Waals surface area contributed by atoms with E-state index in [-0.39, 0.29) is 11.8 Å². The van der Waals surface area contributed by atoms with Crippen LogP contribution in [-0.4, -0.2) is 57.2 Å². The summed E-state index contributed by atoms with van der Waals surface area (Å²) in [7, 11) is 0. The third-order valence-corrected chi connectivity index (χ3v) is 5.05. The van der Waals surface area contributed by atoms with Crippen molar-refractivity contribution in [1.29, 1.82) is 0 Å². The van der Waals surface area contributed by atoms with E-state index in [1.54, 1.807) is 13.1 Å². The fourth-order valence-electron chi connectivity index (χ4n) is 3.38. The van der Waals surface area contributed by atoms with E-state index in [9.17, 15) is 4.79 Å². The van der Waals surface area contributed by atoms with Crippen molar-refractivity contribution in [3.63, 3.8) is 0 Å². The fourth-order valence-corrected chi connectivity index (χ4v) is 3.38. The molecule has 0 atom stereocenters. The zero-order valence-corrected chi connectivity index (χ0v) is 16.4. The van der Waals surface area contributed by atoms with Crippen molar-refractivity contribution >= 4 is 34.1 Å². The van der Waals surface area contributed by atoms with Gasteiger partial charge >= 0.3 is 0 Å². The van der Waals surface area contributed by atoms with Crippen LogP contribution in [-0.2, 0) is 4.79 Å². The molecular weight excluding hydrogens is 354 g/mol. The molecular formula is C20H25N7O. The lowest BCUT2D eigenvalue weighted by Gasteiger charge is -2.35. The number of anilines is 3. The summed E-state index contributed by atoms with van der Waals surface area (Å²) in [6.45, 7) is 9.02. The van der Waals surface area contributed by atoms with Gasteiger partial charge in [-0.25, -0.2) is 9.97 Å². The number of nitrogens with one attached hydrogen (secondary N) is 2. The molecule has 2 aromatic heterocycles. The molecule has 8 heteroatoms. The van der Waals surface area contributed by atoms with Gasteiger partial charge in [0.05, 0.1) is 6.20 Å². The van der Waals surface area contributed by atoms with E-state index in [0.29, 0.717) is 0 Å². The molecule has 28 heavy (non-hydrogen) atoms. The Bertz CT molecular complexity index is 972. The molecule has 1 aromatic carbocycles. The molecule has 2 N–H and O–H groups in total. The first-order valence-electron chi connectivity index (χ1n) is 9.60. The third-order valence-electron chi connectivity index (χ3n) is 5.05. The van der Waals surface area contributed by atoms with Crippen LogP contribution in [0.2, 0.25) is 0 Å².